The highest BCUT2D eigenvalue weighted by atomic mass is 15.0. The average molecular weight is 776 g/mol. The molecule has 2 aromatic heterocycles. The maximum atomic E-state index is 5.51. The Bertz CT molecular complexity index is 3620. The topological polar surface area (TPSA) is 30.7 Å². The van der Waals surface area contributed by atoms with Gasteiger partial charge in [-0.05, 0) is 79.3 Å². The summed E-state index contributed by atoms with van der Waals surface area (Å²) in [6.07, 6.45) is 0. The van der Waals surface area contributed by atoms with Crippen LogP contribution in [0.1, 0.15) is 0 Å². The van der Waals surface area contributed by atoms with Crippen LogP contribution in [0.3, 0.4) is 0 Å². The Morgan fingerprint density at radius 3 is 1.72 bits per heavy atom. The van der Waals surface area contributed by atoms with Crippen LogP contribution < -0.4 is 0 Å². The molecule has 3 nitrogen and oxygen atoms in total. The van der Waals surface area contributed by atoms with Crippen molar-refractivity contribution >= 4 is 54.1 Å². The van der Waals surface area contributed by atoms with Crippen molar-refractivity contribution in [2.24, 2.45) is 0 Å². The predicted molar refractivity (Wildman–Crippen MR) is 256 cm³/mol. The van der Waals surface area contributed by atoms with Gasteiger partial charge in [-0.2, -0.15) is 0 Å². The molecule has 0 bridgehead atoms. The SMILES string of the molecule is c1ccc(-c2ccccc2-c2cc(-c3ccc(-c4cccc5c6ccccc6n(-c6ccccc6)c45)cc3)nc(-c3c4ccccc4cc4c3ccc3ccccc34)n2)cc1. The zero-order valence-corrected chi connectivity index (χ0v) is 33.2. The van der Waals surface area contributed by atoms with Crippen molar-refractivity contribution in [3.05, 3.63) is 224 Å². The summed E-state index contributed by atoms with van der Waals surface area (Å²) in [5.74, 6) is 0.702. The molecule has 0 aliphatic rings. The molecular formula is C58H37N3. The smallest absolute Gasteiger partial charge is 0.161 e. The minimum absolute atomic E-state index is 0.702. The summed E-state index contributed by atoms with van der Waals surface area (Å²) in [5, 5.41) is 9.52. The molecule has 0 aliphatic heterocycles. The van der Waals surface area contributed by atoms with Gasteiger partial charge in [-0.15, -0.1) is 0 Å². The Morgan fingerprint density at radius 2 is 0.902 bits per heavy atom. The highest BCUT2D eigenvalue weighted by Gasteiger charge is 2.20. The van der Waals surface area contributed by atoms with E-state index < -0.39 is 0 Å². The van der Waals surface area contributed by atoms with E-state index in [1.165, 1.54) is 43.5 Å². The van der Waals surface area contributed by atoms with Crippen LogP contribution in [0.5, 0.6) is 0 Å². The molecule has 61 heavy (non-hydrogen) atoms. The van der Waals surface area contributed by atoms with Crippen molar-refractivity contribution in [3.63, 3.8) is 0 Å². The Labute approximate surface area is 353 Å². The number of nitrogens with zero attached hydrogens (tertiary/aromatic N) is 3. The van der Waals surface area contributed by atoms with Crippen molar-refractivity contribution < 1.29 is 0 Å². The van der Waals surface area contributed by atoms with E-state index >= 15 is 0 Å². The van der Waals surface area contributed by atoms with Crippen LogP contribution in [0.15, 0.2) is 224 Å². The van der Waals surface area contributed by atoms with Gasteiger partial charge in [0.25, 0.3) is 0 Å². The quantitative estimate of drug-likeness (QED) is 0.124. The molecule has 12 rings (SSSR count). The maximum Gasteiger partial charge on any atom is 0.161 e. The van der Waals surface area contributed by atoms with Gasteiger partial charge in [0.15, 0.2) is 5.82 Å². The molecule has 12 aromatic rings. The molecule has 0 amide bonds. The van der Waals surface area contributed by atoms with E-state index in [2.05, 4.69) is 229 Å². The first kappa shape index (κ1) is 34.9. The van der Waals surface area contributed by atoms with Crippen molar-refractivity contribution in [1.82, 2.24) is 14.5 Å². The third-order valence-corrected chi connectivity index (χ3v) is 12.2. The molecule has 3 heteroatoms. The summed E-state index contributed by atoms with van der Waals surface area (Å²) < 4.78 is 2.40. The van der Waals surface area contributed by atoms with E-state index in [0.717, 1.165) is 66.6 Å². The summed E-state index contributed by atoms with van der Waals surface area (Å²) in [4.78, 5) is 11.0. The third kappa shape index (κ3) is 5.82. The molecule has 0 atom stereocenters. The summed E-state index contributed by atoms with van der Waals surface area (Å²) >= 11 is 0. The zero-order valence-electron chi connectivity index (χ0n) is 33.2. The van der Waals surface area contributed by atoms with E-state index in [1.54, 1.807) is 0 Å². The first-order valence-electron chi connectivity index (χ1n) is 20.8. The van der Waals surface area contributed by atoms with Gasteiger partial charge in [-0.3, -0.25) is 0 Å². The van der Waals surface area contributed by atoms with Gasteiger partial charge in [0.1, 0.15) is 0 Å². The molecule has 0 radical (unpaired) electrons. The molecule has 2 heterocycles. The van der Waals surface area contributed by atoms with Crippen LogP contribution in [0, 0.1) is 0 Å². The predicted octanol–water partition coefficient (Wildman–Crippen LogP) is 15.4. The van der Waals surface area contributed by atoms with Gasteiger partial charge in [0.05, 0.1) is 22.4 Å². The van der Waals surface area contributed by atoms with Gasteiger partial charge < -0.3 is 4.57 Å². The standard InChI is InChI=1S/C58H37N3/c1-3-16-38(17-4-1)44-22-11-12-25-48(44)54-37-53(59-58(60-54)56-46-24-10-8-19-42(46)36-52-45-23-9-7-18-39(45)34-35-50(52)56)41-32-30-40(31-33-41)47-27-15-28-51-49-26-13-14-29-55(49)61(57(47)51)43-20-5-2-6-21-43/h1-37H. The lowest BCUT2D eigenvalue weighted by Crippen LogP contribution is -1.99. The number of rotatable bonds is 6. The monoisotopic (exact) mass is 775 g/mol. The number of para-hydroxylation sites is 3. The normalized spacial score (nSPS) is 11.6. The molecule has 0 N–H and O–H groups in total. The highest BCUT2D eigenvalue weighted by molar-refractivity contribution is 6.19. The van der Waals surface area contributed by atoms with E-state index in [-0.39, 0.29) is 0 Å². The Kier molecular flexibility index (Phi) is 8.17. The van der Waals surface area contributed by atoms with Crippen LogP contribution >= 0.6 is 0 Å². The van der Waals surface area contributed by atoms with E-state index in [0.29, 0.717) is 5.82 Å². The minimum Gasteiger partial charge on any atom is -0.309 e. The van der Waals surface area contributed by atoms with Crippen molar-refractivity contribution in [2.75, 3.05) is 0 Å². The summed E-state index contributed by atoms with van der Waals surface area (Å²) in [6.45, 7) is 0. The van der Waals surface area contributed by atoms with Gasteiger partial charge in [0.2, 0.25) is 0 Å². The first-order chi connectivity index (χ1) is 30.3. The molecule has 0 spiro atoms. The van der Waals surface area contributed by atoms with Crippen molar-refractivity contribution in [1.29, 1.82) is 0 Å². The second kappa shape index (κ2) is 14.3. The minimum atomic E-state index is 0.702. The lowest BCUT2D eigenvalue weighted by molar-refractivity contribution is 1.18. The number of benzene rings is 10. The molecule has 284 valence electrons. The lowest BCUT2D eigenvalue weighted by atomic mass is 9.92. The van der Waals surface area contributed by atoms with E-state index in [1.807, 2.05) is 0 Å². The molecule has 10 aromatic carbocycles. The Balaban J connectivity index is 1.08. The van der Waals surface area contributed by atoms with Crippen molar-refractivity contribution in [2.45, 2.75) is 0 Å². The van der Waals surface area contributed by atoms with E-state index in [9.17, 15) is 0 Å². The van der Waals surface area contributed by atoms with E-state index in [4.69, 9.17) is 9.97 Å². The second-order valence-electron chi connectivity index (χ2n) is 15.7. The fraction of sp³-hybridized carbons (Fsp3) is 0. The zero-order chi connectivity index (χ0) is 40.3. The van der Waals surface area contributed by atoms with Crippen LogP contribution in [0.4, 0.5) is 0 Å². The summed E-state index contributed by atoms with van der Waals surface area (Å²) in [7, 11) is 0. The van der Waals surface area contributed by atoms with Gasteiger partial charge in [-0.1, -0.05) is 194 Å². The van der Waals surface area contributed by atoms with Crippen molar-refractivity contribution in [3.8, 4) is 61.8 Å². The molecule has 0 aliphatic carbocycles. The third-order valence-electron chi connectivity index (χ3n) is 12.2. The second-order valence-corrected chi connectivity index (χ2v) is 15.7. The molecule has 0 saturated heterocycles. The van der Waals surface area contributed by atoms with Gasteiger partial charge >= 0.3 is 0 Å². The molecule has 0 fully saturated rings. The highest BCUT2D eigenvalue weighted by Crippen LogP contribution is 2.42. The summed E-state index contributed by atoms with van der Waals surface area (Å²) in [6, 6.07) is 80.4. The number of fused-ring (bicyclic) bond motifs is 7. The average Bonchev–Trinajstić information content (AvgIpc) is 3.68. The molecule has 0 saturated carbocycles. The van der Waals surface area contributed by atoms with Crippen LogP contribution in [0.2, 0.25) is 0 Å². The fourth-order valence-electron chi connectivity index (χ4n) is 9.40. The molecular weight excluding hydrogens is 739 g/mol. The first-order valence-corrected chi connectivity index (χ1v) is 20.8. The number of hydrogen-bond acceptors (Lipinski definition) is 2. The maximum absolute atomic E-state index is 5.51. The number of hydrogen-bond donors (Lipinski definition) is 0. The van der Waals surface area contributed by atoms with Gasteiger partial charge in [-0.25, -0.2) is 9.97 Å². The summed E-state index contributed by atoms with van der Waals surface area (Å²) in [5.41, 5.74) is 13.0. The van der Waals surface area contributed by atoms with Gasteiger partial charge in [0, 0.05) is 38.7 Å². The van der Waals surface area contributed by atoms with Crippen LogP contribution in [-0.4, -0.2) is 14.5 Å². The lowest BCUT2D eigenvalue weighted by Gasteiger charge is -2.16. The largest absolute Gasteiger partial charge is 0.309 e. The Morgan fingerprint density at radius 1 is 0.311 bits per heavy atom. The molecule has 0 unspecified atom stereocenters. The number of aromatic nitrogens is 3. The van der Waals surface area contributed by atoms with Crippen LogP contribution in [0.25, 0.3) is 116 Å². The Hall–Kier alpha value is -8.14. The fourth-order valence-corrected chi connectivity index (χ4v) is 9.40. The van der Waals surface area contributed by atoms with Crippen LogP contribution in [-0.2, 0) is 0 Å².